The fourth-order valence-electron chi connectivity index (χ4n) is 1.44. The summed E-state index contributed by atoms with van der Waals surface area (Å²) in [4.78, 5) is 0.145. The zero-order chi connectivity index (χ0) is 15.0. The van der Waals surface area contributed by atoms with Crippen LogP contribution in [0.25, 0.3) is 0 Å². The van der Waals surface area contributed by atoms with Gasteiger partial charge in [0.1, 0.15) is 6.61 Å². The second kappa shape index (κ2) is 8.02. The van der Waals surface area contributed by atoms with E-state index in [-0.39, 0.29) is 24.2 Å². The molecule has 1 aromatic carbocycles. The molecule has 0 spiro atoms. The van der Waals surface area contributed by atoms with Gasteiger partial charge in [-0.1, -0.05) is 17.9 Å². The lowest BCUT2D eigenvalue weighted by Crippen LogP contribution is -2.28. The Bertz CT molecular complexity index is 585. The van der Waals surface area contributed by atoms with E-state index in [9.17, 15) is 8.42 Å². The van der Waals surface area contributed by atoms with Crippen LogP contribution in [0.2, 0.25) is 0 Å². The Morgan fingerprint density at radius 2 is 2.15 bits per heavy atom. The quantitative estimate of drug-likeness (QED) is 0.600. The van der Waals surface area contributed by atoms with Crippen LogP contribution in [0, 0.1) is 11.8 Å². The van der Waals surface area contributed by atoms with E-state index in [4.69, 9.17) is 9.84 Å². The number of rotatable bonds is 6. The molecule has 5 nitrogen and oxygen atoms in total. The van der Waals surface area contributed by atoms with Gasteiger partial charge < -0.3 is 9.84 Å². The third-order valence-electron chi connectivity index (χ3n) is 2.30. The fraction of sp³-hybridized carbons (Fsp3) is 0.429. The Labute approximate surface area is 120 Å². The number of sulfonamides is 1. The van der Waals surface area contributed by atoms with E-state index in [0.29, 0.717) is 12.2 Å². The maximum absolute atomic E-state index is 12.0. The SMILES string of the molecule is CC(C)OCCNS(=O)(=O)c1cccc(C#CCO)c1. The second-order valence-corrected chi connectivity index (χ2v) is 6.07. The molecule has 0 aliphatic carbocycles. The summed E-state index contributed by atoms with van der Waals surface area (Å²) in [5, 5.41) is 8.63. The first kappa shape index (κ1) is 16.7. The van der Waals surface area contributed by atoms with Gasteiger partial charge in [0.15, 0.2) is 0 Å². The maximum Gasteiger partial charge on any atom is 0.240 e. The molecule has 0 amide bonds. The van der Waals surface area contributed by atoms with Crippen molar-refractivity contribution in [2.75, 3.05) is 19.8 Å². The average Bonchev–Trinajstić information content (AvgIpc) is 2.41. The Morgan fingerprint density at radius 3 is 2.80 bits per heavy atom. The summed E-state index contributed by atoms with van der Waals surface area (Å²) in [6.45, 7) is 4.05. The molecule has 0 fully saturated rings. The third-order valence-corrected chi connectivity index (χ3v) is 3.76. The maximum atomic E-state index is 12.0. The molecule has 0 saturated carbocycles. The summed E-state index contributed by atoms with van der Waals surface area (Å²) in [6.07, 6.45) is 0.0663. The molecule has 0 aliphatic heterocycles. The number of hydrogen-bond donors (Lipinski definition) is 2. The van der Waals surface area contributed by atoms with E-state index in [1.54, 1.807) is 12.1 Å². The van der Waals surface area contributed by atoms with Crippen molar-refractivity contribution in [2.45, 2.75) is 24.8 Å². The first-order valence-electron chi connectivity index (χ1n) is 6.27. The molecule has 0 aliphatic rings. The van der Waals surface area contributed by atoms with E-state index < -0.39 is 10.0 Å². The van der Waals surface area contributed by atoms with Gasteiger partial charge in [-0.05, 0) is 32.0 Å². The Hall–Kier alpha value is -1.39. The third kappa shape index (κ3) is 5.72. The highest BCUT2D eigenvalue weighted by Gasteiger charge is 2.13. The summed E-state index contributed by atoms with van der Waals surface area (Å²) in [5.41, 5.74) is 0.542. The highest BCUT2D eigenvalue weighted by Crippen LogP contribution is 2.10. The van der Waals surface area contributed by atoms with Gasteiger partial charge in [0, 0.05) is 12.1 Å². The second-order valence-electron chi connectivity index (χ2n) is 4.31. The number of nitrogens with one attached hydrogen (secondary N) is 1. The molecule has 0 heterocycles. The molecule has 0 unspecified atom stereocenters. The molecule has 0 aromatic heterocycles. The van der Waals surface area contributed by atoms with Crippen LogP contribution < -0.4 is 4.72 Å². The van der Waals surface area contributed by atoms with E-state index in [1.165, 1.54) is 12.1 Å². The van der Waals surface area contributed by atoms with Crippen molar-refractivity contribution in [3.05, 3.63) is 29.8 Å². The smallest absolute Gasteiger partial charge is 0.240 e. The van der Waals surface area contributed by atoms with E-state index in [0.717, 1.165) is 0 Å². The van der Waals surface area contributed by atoms with Gasteiger partial charge in [-0.2, -0.15) is 0 Å². The first-order chi connectivity index (χ1) is 9.45. The molecule has 0 radical (unpaired) electrons. The van der Waals surface area contributed by atoms with Crippen molar-refractivity contribution in [1.82, 2.24) is 4.72 Å². The molecule has 20 heavy (non-hydrogen) atoms. The molecule has 0 atom stereocenters. The van der Waals surface area contributed by atoms with Crippen LogP contribution in [-0.2, 0) is 14.8 Å². The normalized spacial score (nSPS) is 11.2. The zero-order valence-electron chi connectivity index (χ0n) is 11.6. The standard InChI is InChI=1S/C14H19NO4S/c1-12(2)19-10-8-15-20(17,18)14-7-3-5-13(11-14)6-4-9-16/h3,5,7,11-12,15-16H,8-10H2,1-2H3. The highest BCUT2D eigenvalue weighted by atomic mass is 32.2. The topological polar surface area (TPSA) is 75.6 Å². The number of benzene rings is 1. The van der Waals surface area contributed by atoms with Crippen LogP contribution in [0.15, 0.2) is 29.2 Å². The van der Waals surface area contributed by atoms with Gasteiger partial charge in [0.2, 0.25) is 10.0 Å². The van der Waals surface area contributed by atoms with Gasteiger partial charge in [0.05, 0.1) is 17.6 Å². The van der Waals surface area contributed by atoms with E-state index >= 15 is 0 Å². The van der Waals surface area contributed by atoms with Crippen molar-refractivity contribution >= 4 is 10.0 Å². The van der Waals surface area contributed by atoms with Gasteiger partial charge in [-0.3, -0.25) is 0 Å². The van der Waals surface area contributed by atoms with Crippen molar-refractivity contribution in [1.29, 1.82) is 0 Å². The zero-order valence-corrected chi connectivity index (χ0v) is 12.4. The Balaban J connectivity index is 2.72. The molecular formula is C14H19NO4S. The minimum Gasteiger partial charge on any atom is -0.384 e. The van der Waals surface area contributed by atoms with Gasteiger partial charge >= 0.3 is 0 Å². The average molecular weight is 297 g/mol. The number of hydrogen-bond acceptors (Lipinski definition) is 4. The summed E-state index contributed by atoms with van der Waals surface area (Å²) in [7, 11) is -3.57. The monoisotopic (exact) mass is 297 g/mol. The van der Waals surface area contributed by atoms with Crippen LogP contribution >= 0.6 is 0 Å². The van der Waals surface area contributed by atoms with Crippen molar-refractivity contribution in [2.24, 2.45) is 0 Å². The Kier molecular flexibility index (Phi) is 6.68. The molecule has 0 bridgehead atoms. The van der Waals surface area contributed by atoms with Crippen molar-refractivity contribution < 1.29 is 18.3 Å². The minimum absolute atomic E-state index is 0.0663. The lowest BCUT2D eigenvalue weighted by molar-refractivity contribution is 0.0834. The number of aliphatic hydroxyl groups excluding tert-OH is 1. The molecule has 1 aromatic rings. The fourth-order valence-corrected chi connectivity index (χ4v) is 2.50. The van der Waals surface area contributed by atoms with Crippen LogP contribution in [-0.4, -0.2) is 39.4 Å². The molecular weight excluding hydrogens is 278 g/mol. The highest BCUT2D eigenvalue weighted by molar-refractivity contribution is 7.89. The summed E-state index contributed by atoms with van der Waals surface area (Å²) in [5.74, 6) is 5.15. The minimum atomic E-state index is -3.57. The van der Waals surface area contributed by atoms with Crippen molar-refractivity contribution in [3.63, 3.8) is 0 Å². The van der Waals surface area contributed by atoms with Crippen LogP contribution in [0.1, 0.15) is 19.4 Å². The summed E-state index contributed by atoms with van der Waals surface area (Å²) >= 11 is 0. The van der Waals surface area contributed by atoms with Crippen molar-refractivity contribution in [3.8, 4) is 11.8 Å². The van der Waals surface area contributed by atoms with E-state index in [2.05, 4.69) is 16.6 Å². The lowest BCUT2D eigenvalue weighted by atomic mass is 10.2. The molecule has 6 heteroatoms. The van der Waals surface area contributed by atoms with Gasteiger partial charge in [-0.15, -0.1) is 0 Å². The number of aliphatic hydroxyl groups is 1. The van der Waals surface area contributed by atoms with Crippen LogP contribution in [0.3, 0.4) is 0 Å². The van der Waals surface area contributed by atoms with E-state index in [1.807, 2.05) is 13.8 Å². The predicted molar refractivity (Wildman–Crippen MR) is 76.7 cm³/mol. The van der Waals surface area contributed by atoms with Crippen LogP contribution in [0.5, 0.6) is 0 Å². The molecule has 1 rings (SSSR count). The summed E-state index contributed by atoms with van der Waals surface area (Å²) < 4.78 is 31.8. The summed E-state index contributed by atoms with van der Waals surface area (Å²) in [6, 6.07) is 6.26. The largest absolute Gasteiger partial charge is 0.384 e. The molecule has 0 saturated heterocycles. The number of ether oxygens (including phenoxy) is 1. The van der Waals surface area contributed by atoms with Gasteiger partial charge in [0.25, 0.3) is 0 Å². The molecule has 110 valence electrons. The Morgan fingerprint density at radius 1 is 1.40 bits per heavy atom. The van der Waals surface area contributed by atoms with Gasteiger partial charge in [-0.25, -0.2) is 13.1 Å². The van der Waals surface area contributed by atoms with Crippen LogP contribution in [0.4, 0.5) is 0 Å². The molecule has 2 N–H and O–H groups in total. The predicted octanol–water partition coefficient (Wildman–Crippen LogP) is 0.734. The lowest BCUT2D eigenvalue weighted by Gasteiger charge is -2.09. The first-order valence-corrected chi connectivity index (χ1v) is 7.75.